The van der Waals surface area contributed by atoms with Gasteiger partial charge in [-0.15, -0.1) is 0 Å². The van der Waals surface area contributed by atoms with Gasteiger partial charge in [0, 0.05) is 5.39 Å². The largest absolute Gasteiger partial charge is 0.459 e. The predicted molar refractivity (Wildman–Crippen MR) is 78.3 cm³/mol. The summed E-state index contributed by atoms with van der Waals surface area (Å²) in [5.74, 6) is 1.68. The number of hydrogen-bond donors (Lipinski definition) is 1. The molecule has 0 amide bonds. The van der Waals surface area contributed by atoms with E-state index in [2.05, 4.69) is 40.3 Å². The minimum atomic E-state index is -0.0843. The molecule has 3 nitrogen and oxygen atoms in total. The summed E-state index contributed by atoms with van der Waals surface area (Å²) in [6.45, 7) is 2.07. The van der Waals surface area contributed by atoms with Crippen LogP contribution in [0.2, 0.25) is 0 Å². The van der Waals surface area contributed by atoms with Crippen LogP contribution in [-0.4, -0.2) is 7.05 Å². The van der Waals surface area contributed by atoms with Crippen LogP contribution in [0.4, 0.5) is 0 Å². The van der Waals surface area contributed by atoms with E-state index >= 15 is 0 Å². The fourth-order valence-corrected chi connectivity index (χ4v) is 2.55. The molecule has 98 valence electrons. The number of furan rings is 2. The van der Waals surface area contributed by atoms with Crippen molar-refractivity contribution >= 4 is 26.9 Å². The molecule has 1 aromatic carbocycles. The minimum absolute atomic E-state index is 0.0843. The van der Waals surface area contributed by atoms with Crippen molar-refractivity contribution in [2.24, 2.45) is 0 Å². The Hall–Kier alpha value is -1.52. The van der Waals surface area contributed by atoms with Crippen LogP contribution >= 0.6 is 15.9 Å². The maximum atomic E-state index is 5.90. The van der Waals surface area contributed by atoms with Crippen LogP contribution in [0.3, 0.4) is 0 Å². The topological polar surface area (TPSA) is 38.3 Å². The van der Waals surface area contributed by atoms with Crippen molar-refractivity contribution in [1.29, 1.82) is 0 Å². The normalized spacial score (nSPS) is 13.0. The van der Waals surface area contributed by atoms with Crippen LogP contribution in [0, 0.1) is 6.92 Å². The second-order valence-electron chi connectivity index (χ2n) is 4.55. The Balaban J connectivity index is 2.06. The third-order valence-electron chi connectivity index (χ3n) is 3.14. The Kier molecular flexibility index (Phi) is 3.21. The first kappa shape index (κ1) is 12.5. The molecule has 0 aliphatic heterocycles. The van der Waals surface area contributed by atoms with Crippen LogP contribution in [0.1, 0.15) is 23.1 Å². The van der Waals surface area contributed by atoms with Gasteiger partial charge in [0.2, 0.25) is 0 Å². The third kappa shape index (κ3) is 2.33. The third-order valence-corrected chi connectivity index (χ3v) is 3.57. The standard InChI is InChI=1S/C15H14BrNO2/c1-9-3-4-11-10(7-9)8-13(18-11)15(17-2)12-5-6-14(16)19-12/h3-8,15,17H,1-2H3. The second-order valence-corrected chi connectivity index (χ2v) is 5.34. The van der Waals surface area contributed by atoms with E-state index in [9.17, 15) is 0 Å². The van der Waals surface area contributed by atoms with E-state index in [1.807, 2.05) is 31.3 Å². The van der Waals surface area contributed by atoms with Gasteiger partial charge >= 0.3 is 0 Å². The minimum Gasteiger partial charge on any atom is -0.459 e. The molecule has 2 heterocycles. The molecule has 0 aliphatic rings. The fourth-order valence-electron chi connectivity index (χ4n) is 2.23. The average molecular weight is 320 g/mol. The molecule has 0 saturated carbocycles. The SMILES string of the molecule is CNC(c1ccc(Br)o1)c1cc2cc(C)ccc2o1. The number of aryl methyl sites for hydroxylation is 1. The predicted octanol–water partition coefficient (Wildman–Crippen LogP) is 4.41. The highest BCUT2D eigenvalue weighted by molar-refractivity contribution is 9.10. The molecule has 0 spiro atoms. The van der Waals surface area contributed by atoms with Crippen molar-refractivity contribution in [3.05, 3.63) is 58.2 Å². The van der Waals surface area contributed by atoms with Gasteiger partial charge in [-0.3, -0.25) is 0 Å². The molecule has 0 bridgehead atoms. The number of hydrogen-bond acceptors (Lipinski definition) is 3. The van der Waals surface area contributed by atoms with Crippen LogP contribution in [-0.2, 0) is 0 Å². The molecule has 2 aromatic heterocycles. The summed E-state index contributed by atoms with van der Waals surface area (Å²) in [6.07, 6.45) is 0. The van der Waals surface area contributed by atoms with Crippen molar-refractivity contribution in [2.45, 2.75) is 13.0 Å². The van der Waals surface area contributed by atoms with Crippen LogP contribution in [0.15, 0.2) is 49.9 Å². The van der Waals surface area contributed by atoms with Gasteiger partial charge in [0.05, 0.1) is 0 Å². The average Bonchev–Trinajstić information content (AvgIpc) is 2.96. The zero-order valence-electron chi connectivity index (χ0n) is 10.7. The molecule has 3 aromatic rings. The highest BCUT2D eigenvalue weighted by Crippen LogP contribution is 2.30. The van der Waals surface area contributed by atoms with E-state index < -0.39 is 0 Å². The molecular weight excluding hydrogens is 306 g/mol. The molecule has 0 saturated heterocycles. The van der Waals surface area contributed by atoms with Gasteiger partial charge < -0.3 is 14.2 Å². The molecule has 1 unspecified atom stereocenters. The maximum absolute atomic E-state index is 5.90. The first-order valence-corrected chi connectivity index (χ1v) is 6.89. The molecule has 19 heavy (non-hydrogen) atoms. The number of rotatable bonds is 3. The van der Waals surface area contributed by atoms with Gasteiger partial charge in [-0.05, 0) is 60.2 Å². The Morgan fingerprint density at radius 2 is 1.89 bits per heavy atom. The first-order valence-electron chi connectivity index (χ1n) is 6.10. The Morgan fingerprint density at radius 1 is 1.05 bits per heavy atom. The number of nitrogens with one attached hydrogen (secondary N) is 1. The van der Waals surface area contributed by atoms with Gasteiger partial charge in [-0.2, -0.15) is 0 Å². The van der Waals surface area contributed by atoms with Gasteiger partial charge in [0.1, 0.15) is 23.1 Å². The molecule has 0 radical (unpaired) electrons. The zero-order chi connectivity index (χ0) is 13.4. The molecule has 0 fully saturated rings. The van der Waals surface area contributed by atoms with E-state index in [1.165, 1.54) is 5.56 Å². The zero-order valence-corrected chi connectivity index (χ0v) is 12.3. The Morgan fingerprint density at radius 3 is 2.58 bits per heavy atom. The Labute approximate surface area is 119 Å². The summed E-state index contributed by atoms with van der Waals surface area (Å²) in [5.41, 5.74) is 2.12. The molecule has 3 rings (SSSR count). The molecule has 4 heteroatoms. The van der Waals surface area contributed by atoms with Crippen LogP contribution < -0.4 is 5.32 Å². The summed E-state index contributed by atoms with van der Waals surface area (Å²) in [6, 6.07) is 12.0. The van der Waals surface area contributed by atoms with Crippen LogP contribution in [0.25, 0.3) is 11.0 Å². The number of benzene rings is 1. The van der Waals surface area contributed by atoms with E-state index in [4.69, 9.17) is 8.83 Å². The van der Waals surface area contributed by atoms with Gasteiger partial charge in [0.25, 0.3) is 0 Å². The summed E-state index contributed by atoms with van der Waals surface area (Å²) in [4.78, 5) is 0. The summed E-state index contributed by atoms with van der Waals surface area (Å²) < 4.78 is 12.2. The number of halogens is 1. The summed E-state index contributed by atoms with van der Waals surface area (Å²) >= 11 is 3.32. The van der Waals surface area contributed by atoms with Gasteiger partial charge in [-0.1, -0.05) is 11.6 Å². The van der Waals surface area contributed by atoms with E-state index in [0.29, 0.717) is 0 Å². The number of fused-ring (bicyclic) bond motifs is 1. The maximum Gasteiger partial charge on any atom is 0.169 e. The quantitative estimate of drug-likeness (QED) is 0.777. The van der Waals surface area contributed by atoms with Crippen molar-refractivity contribution in [2.75, 3.05) is 7.05 Å². The lowest BCUT2D eigenvalue weighted by molar-refractivity contribution is 0.405. The molecule has 0 aliphatic carbocycles. The van der Waals surface area contributed by atoms with Crippen molar-refractivity contribution in [3.63, 3.8) is 0 Å². The van der Waals surface area contributed by atoms with E-state index in [0.717, 1.165) is 27.2 Å². The lowest BCUT2D eigenvalue weighted by Crippen LogP contribution is -2.16. The lowest BCUT2D eigenvalue weighted by Gasteiger charge is -2.09. The fraction of sp³-hybridized carbons (Fsp3) is 0.200. The smallest absolute Gasteiger partial charge is 0.169 e. The van der Waals surface area contributed by atoms with Crippen LogP contribution in [0.5, 0.6) is 0 Å². The molecule has 1 N–H and O–H groups in total. The molecular formula is C15H14BrNO2. The lowest BCUT2D eigenvalue weighted by atomic mass is 10.1. The Bertz CT molecular complexity index is 714. The van der Waals surface area contributed by atoms with Crippen molar-refractivity contribution in [3.8, 4) is 0 Å². The second kappa shape index (κ2) is 4.87. The van der Waals surface area contributed by atoms with Gasteiger partial charge in [-0.25, -0.2) is 0 Å². The first-order chi connectivity index (χ1) is 9.17. The molecule has 1 atom stereocenters. The summed E-state index contributed by atoms with van der Waals surface area (Å²) in [5, 5.41) is 4.33. The monoisotopic (exact) mass is 319 g/mol. The van der Waals surface area contributed by atoms with Crippen molar-refractivity contribution < 1.29 is 8.83 Å². The van der Waals surface area contributed by atoms with Gasteiger partial charge in [0.15, 0.2) is 4.67 Å². The highest BCUT2D eigenvalue weighted by atomic mass is 79.9. The van der Waals surface area contributed by atoms with E-state index in [1.54, 1.807) is 0 Å². The summed E-state index contributed by atoms with van der Waals surface area (Å²) in [7, 11) is 1.89. The van der Waals surface area contributed by atoms with Crippen molar-refractivity contribution in [1.82, 2.24) is 5.32 Å². The highest BCUT2D eigenvalue weighted by Gasteiger charge is 2.20. The van der Waals surface area contributed by atoms with E-state index in [-0.39, 0.29) is 6.04 Å².